The molecule has 2 heterocycles. The Labute approximate surface area is 189 Å². The predicted molar refractivity (Wildman–Crippen MR) is 122 cm³/mol. The van der Waals surface area contributed by atoms with Crippen LogP contribution in [0.4, 0.5) is 0 Å². The van der Waals surface area contributed by atoms with E-state index in [0.29, 0.717) is 34.1 Å². The normalized spacial score (nSPS) is 13.2. The molecule has 0 unspecified atom stereocenters. The zero-order valence-corrected chi connectivity index (χ0v) is 18.3. The molecule has 5 rings (SSSR count). The third kappa shape index (κ3) is 4.27. The zero-order chi connectivity index (χ0) is 21.9. The van der Waals surface area contributed by atoms with E-state index in [1.807, 2.05) is 65.2 Å². The maximum Gasteiger partial charge on any atom is 0.251 e. The van der Waals surface area contributed by atoms with Gasteiger partial charge in [0.25, 0.3) is 5.91 Å². The van der Waals surface area contributed by atoms with E-state index in [2.05, 4.69) is 15.5 Å². The first kappa shape index (κ1) is 20.4. The first-order valence-electron chi connectivity index (χ1n) is 10.4. The van der Waals surface area contributed by atoms with Crippen molar-refractivity contribution in [1.29, 1.82) is 0 Å². The standard InChI is InChI=1S/C24H22N4O3S/c1-30-19-12-10-18(11-13-19)28-22(21-7-4-14-31-21)26-27-24(28)32-15-16-5-2-3-6-20(16)23(29)25-17-8-9-17/h2-7,10-14,17H,8-9,15H2,1H3,(H,25,29). The number of amides is 1. The van der Waals surface area contributed by atoms with E-state index in [-0.39, 0.29) is 5.91 Å². The van der Waals surface area contributed by atoms with Crippen LogP contribution in [0.5, 0.6) is 5.75 Å². The number of thioether (sulfide) groups is 1. The van der Waals surface area contributed by atoms with Crippen LogP contribution < -0.4 is 10.1 Å². The molecule has 0 bridgehead atoms. The molecule has 1 saturated carbocycles. The summed E-state index contributed by atoms with van der Waals surface area (Å²) >= 11 is 1.53. The minimum atomic E-state index is -0.0170. The van der Waals surface area contributed by atoms with Crippen LogP contribution in [0, 0.1) is 0 Å². The Morgan fingerprint density at radius 2 is 1.94 bits per heavy atom. The first-order valence-corrected chi connectivity index (χ1v) is 11.4. The van der Waals surface area contributed by atoms with Gasteiger partial charge < -0.3 is 14.5 Å². The second-order valence-corrected chi connectivity index (χ2v) is 8.45. The van der Waals surface area contributed by atoms with E-state index in [0.717, 1.165) is 29.8 Å². The highest BCUT2D eigenvalue weighted by Gasteiger charge is 2.25. The summed E-state index contributed by atoms with van der Waals surface area (Å²) in [6.07, 6.45) is 3.73. The minimum Gasteiger partial charge on any atom is -0.497 e. The van der Waals surface area contributed by atoms with Gasteiger partial charge in [0.05, 0.1) is 19.1 Å². The third-order valence-corrected chi connectivity index (χ3v) is 6.21. The van der Waals surface area contributed by atoms with Gasteiger partial charge in [-0.3, -0.25) is 9.36 Å². The van der Waals surface area contributed by atoms with Crippen molar-refractivity contribution in [3.8, 4) is 23.0 Å². The van der Waals surface area contributed by atoms with Crippen molar-refractivity contribution in [2.75, 3.05) is 7.11 Å². The molecule has 0 saturated heterocycles. The molecule has 1 aliphatic carbocycles. The Morgan fingerprint density at radius 1 is 1.12 bits per heavy atom. The Morgan fingerprint density at radius 3 is 2.66 bits per heavy atom. The maximum atomic E-state index is 12.7. The van der Waals surface area contributed by atoms with Gasteiger partial charge in [-0.1, -0.05) is 30.0 Å². The Kier molecular flexibility index (Phi) is 5.68. The summed E-state index contributed by atoms with van der Waals surface area (Å²) in [4.78, 5) is 12.7. The van der Waals surface area contributed by atoms with E-state index < -0.39 is 0 Å². The summed E-state index contributed by atoms with van der Waals surface area (Å²) in [7, 11) is 1.64. The monoisotopic (exact) mass is 446 g/mol. The fraction of sp³-hybridized carbons (Fsp3) is 0.208. The van der Waals surface area contributed by atoms with Gasteiger partial charge in [-0.15, -0.1) is 10.2 Å². The Hall–Kier alpha value is -3.52. The van der Waals surface area contributed by atoms with Crippen molar-refractivity contribution < 1.29 is 13.9 Å². The number of methoxy groups -OCH3 is 1. The van der Waals surface area contributed by atoms with Gasteiger partial charge in [-0.05, 0) is 60.9 Å². The van der Waals surface area contributed by atoms with Crippen molar-refractivity contribution in [2.24, 2.45) is 0 Å². The molecule has 0 radical (unpaired) electrons. The second kappa shape index (κ2) is 8.92. The average molecular weight is 447 g/mol. The predicted octanol–water partition coefficient (Wildman–Crippen LogP) is 4.72. The molecule has 1 amide bonds. The van der Waals surface area contributed by atoms with E-state index >= 15 is 0 Å². The number of carbonyl (C=O) groups is 1. The van der Waals surface area contributed by atoms with Crippen LogP contribution in [0.1, 0.15) is 28.8 Å². The molecule has 0 atom stereocenters. The van der Waals surface area contributed by atoms with Crippen LogP contribution in [0.2, 0.25) is 0 Å². The number of nitrogens with zero attached hydrogens (tertiary/aromatic N) is 3. The topological polar surface area (TPSA) is 82.2 Å². The number of nitrogens with one attached hydrogen (secondary N) is 1. The van der Waals surface area contributed by atoms with Gasteiger partial charge in [-0.2, -0.15) is 0 Å². The van der Waals surface area contributed by atoms with Gasteiger partial charge in [0.15, 0.2) is 10.9 Å². The van der Waals surface area contributed by atoms with E-state index in [1.54, 1.807) is 13.4 Å². The van der Waals surface area contributed by atoms with E-state index in [9.17, 15) is 4.79 Å². The second-order valence-electron chi connectivity index (χ2n) is 7.51. The lowest BCUT2D eigenvalue weighted by molar-refractivity contribution is 0.0950. The number of hydrogen-bond acceptors (Lipinski definition) is 6. The SMILES string of the molecule is COc1ccc(-n2c(SCc3ccccc3C(=O)NC3CC3)nnc2-c2ccco2)cc1. The summed E-state index contributed by atoms with van der Waals surface area (Å²) in [5.74, 6) is 2.58. The van der Waals surface area contributed by atoms with Crippen LogP contribution in [0.15, 0.2) is 76.5 Å². The summed E-state index contributed by atoms with van der Waals surface area (Å²) < 4.78 is 12.8. The number of aromatic nitrogens is 3. The Bertz CT molecular complexity index is 1210. The van der Waals surface area contributed by atoms with Crippen molar-refractivity contribution >= 4 is 17.7 Å². The molecule has 1 aliphatic rings. The molecule has 4 aromatic rings. The summed E-state index contributed by atoms with van der Waals surface area (Å²) in [5, 5.41) is 12.6. The van der Waals surface area contributed by atoms with Crippen molar-refractivity contribution in [3.05, 3.63) is 78.1 Å². The van der Waals surface area contributed by atoms with Gasteiger partial charge in [0, 0.05) is 17.4 Å². The van der Waals surface area contributed by atoms with Crippen LogP contribution in [-0.4, -0.2) is 33.8 Å². The first-order chi connectivity index (χ1) is 15.7. The highest BCUT2D eigenvalue weighted by Crippen LogP contribution is 2.31. The highest BCUT2D eigenvalue weighted by atomic mass is 32.2. The smallest absolute Gasteiger partial charge is 0.251 e. The number of benzene rings is 2. The molecule has 1 fully saturated rings. The summed E-state index contributed by atoms with van der Waals surface area (Å²) in [6, 6.07) is 19.4. The molecular formula is C24H22N4O3S. The molecule has 2 aromatic heterocycles. The largest absolute Gasteiger partial charge is 0.497 e. The summed E-state index contributed by atoms with van der Waals surface area (Å²) in [5.41, 5.74) is 2.55. The molecule has 8 heteroatoms. The molecule has 0 aliphatic heterocycles. The van der Waals surface area contributed by atoms with Gasteiger partial charge >= 0.3 is 0 Å². The lowest BCUT2D eigenvalue weighted by atomic mass is 10.1. The molecular weight excluding hydrogens is 424 g/mol. The minimum absolute atomic E-state index is 0.0170. The van der Waals surface area contributed by atoms with E-state index in [1.165, 1.54) is 11.8 Å². The zero-order valence-electron chi connectivity index (χ0n) is 17.5. The highest BCUT2D eigenvalue weighted by molar-refractivity contribution is 7.98. The number of furan rings is 1. The molecule has 162 valence electrons. The van der Waals surface area contributed by atoms with E-state index in [4.69, 9.17) is 9.15 Å². The lowest BCUT2D eigenvalue weighted by Crippen LogP contribution is -2.26. The van der Waals surface area contributed by atoms with Crippen molar-refractivity contribution in [3.63, 3.8) is 0 Å². The quantitative estimate of drug-likeness (QED) is 0.395. The fourth-order valence-electron chi connectivity index (χ4n) is 3.39. The molecule has 1 N–H and O–H groups in total. The van der Waals surface area contributed by atoms with Gasteiger partial charge in [-0.25, -0.2) is 0 Å². The maximum absolute atomic E-state index is 12.7. The van der Waals surface area contributed by atoms with Gasteiger partial charge in [0.2, 0.25) is 5.82 Å². The van der Waals surface area contributed by atoms with Crippen LogP contribution in [0.3, 0.4) is 0 Å². The molecule has 2 aromatic carbocycles. The number of hydrogen-bond donors (Lipinski definition) is 1. The lowest BCUT2D eigenvalue weighted by Gasteiger charge is -2.12. The summed E-state index contributed by atoms with van der Waals surface area (Å²) in [6.45, 7) is 0. The molecule has 7 nitrogen and oxygen atoms in total. The number of rotatable bonds is 8. The Balaban J connectivity index is 1.45. The van der Waals surface area contributed by atoms with Crippen molar-refractivity contribution in [1.82, 2.24) is 20.1 Å². The molecule has 32 heavy (non-hydrogen) atoms. The number of carbonyl (C=O) groups excluding carboxylic acids is 1. The van der Waals surface area contributed by atoms with Crippen molar-refractivity contribution in [2.45, 2.75) is 29.8 Å². The van der Waals surface area contributed by atoms with Crippen LogP contribution in [-0.2, 0) is 5.75 Å². The van der Waals surface area contributed by atoms with Gasteiger partial charge in [0.1, 0.15) is 5.75 Å². The van der Waals surface area contributed by atoms with Crippen LogP contribution >= 0.6 is 11.8 Å². The third-order valence-electron chi connectivity index (χ3n) is 5.24. The fourth-order valence-corrected chi connectivity index (χ4v) is 4.35. The van der Waals surface area contributed by atoms with Crippen LogP contribution in [0.25, 0.3) is 17.3 Å². The number of ether oxygens (including phenoxy) is 1. The molecule has 0 spiro atoms. The average Bonchev–Trinajstić information content (AvgIpc) is 3.30.